The van der Waals surface area contributed by atoms with Gasteiger partial charge in [-0.25, -0.2) is 17.7 Å². The van der Waals surface area contributed by atoms with Crippen molar-refractivity contribution in [2.45, 2.75) is 23.2 Å². The van der Waals surface area contributed by atoms with Crippen LogP contribution in [0.3, 0.4) is 0 Å². The fourth-order valence-electron chi connectivity index (χ4n) is 3.99. The number of anilines is 2. The van der Waals surface area contributed by atoms with E-state index in [1.54, 1.807) is 6.07 Å². The van der Waals surface area contributed by atoms with Gasteiger partial charge in [-0.1, -0.05) is 18.2 Å². The molecule has 1 saturated heterocycles. The number of hydrogen-bond acceptors (Lipinski definition) is 5. The molecule has 0 radical (unpaired) electrons. The lowest BCUT2D eigenvalue weighted by Gasteiger charge is -2.40. The zero-order chi connectivity index (χ0) is 18.4. The quantitative estimate of drug-likeness (QED) is 0.896. The summed E-state index contributed by atoms with van der Waals surface area (Å²) in [5.74, 6) is 0.844. The van der Waals surface area contributed by atoms with Crippen LogP contribution in [0.15, 0.2) is 47.5 Å². The van der Waals surface area contributed by atoms with Crippen molar-refractivity contribution >= 4 is 21.5 Å². The second-order valence-corrected chi connectivity index (χ2v) is 9.46. The normalized spacial score (nSPS) is 18.8. The molecule has 0 bridgehead atoms. The number of fused-ring (bicyclic) bond motifs is 2. The molecular weight excluding hydrogens is 348 g/mol. The maximum atomic E-state index is 12.2. The molecule has 1 aromatic heterocycles. The van der Waals surface area contributed by atoms with E-state index in [1.807, 2.05) is 6.07 Å². The van der Waals surface area contributed by atoms with Crippen LogP contribution in [0.5, 0.6) is 0 Å². The molecule has 0 aliphatic carbocycles. The minimum atomic E-state index is -3.43. The summed E-state index contributed by atoms with van der Waals surface area (Å²) < 4.78 is 25.6. The number of nitrogens with one attached hydrogen (secondary N) is 1. The Morgan fingerprint density at radius 3 is 2.50 bits per heavy atom. The smallest absolute Gasteiger partial charge is 0.244 e. The molecule has 1 fully saturated rings. The number of aromatic nitrogens is 1. The average molecular weight is 372 g/mol. The maximum Gasteiger partial charge on any atom is 0.244 e. The predicted molar refractivity (Wildman–Crippen MR) is 103 cm³/mol. The van der Waals surface area contributed by atoms with Crippen LogP contribution in [0.2, 0.25) is 0 Å². The van der Waals surface area contributed by atoms with E-state index in [4.69, 9.17) is 0 Å². The van der Waals surface area contributed by atoms with Gasteiger partial charge < -0.3 is 10.2 Å². The van der Waals surface area contributed by atoms with Gasteiger partial charge in [-0.3, -0.25) is 0 Å². The minimum absolute atomic E-state index is 0.210. The molecule has 2 aliphatic heterocycles. The fraction of sp³-hybridized carbons (Fsp3) is 0.421. The highest BCUT2D eigenvalue weighted by Crippen LogP contribution is 2.44. The van der Waals surface area contributed by atoms with E-state index < -0.39 is 10.0 Å². The third kappa shape index (κ3) is 2.75. The van der Waals surface area contributed by atoms with E-state index in [0.717, 1.165) is 38.3 Å². The maximum absolute atomic E-state index is 12.2. The lowest BCUT2D eigenvalue weighted by atomic mass is 9.74. The Labute approximate surface area is 154 Å². The molecule has 26 heavy (non-hydrogen) atoms. The second-order valence-electron chi connectivity index (χ2n) is 7.31. The van der Waals surface area contributed by atoms with Gasteiger partial charge in [0.15, 0.2) is 0 Å². The summed E-state index contributed by atoms with van der Waals surface area (Å²) >= 11 is 0. The van der Waals surface area contributed by atoms with E-state index in [9.17, 15) is 8.42 Å². The molecule has 1 aromatic carbocycles. The Kier molecular flexibility index (Phi) is 4.16. The van der Waals surface area contributed by atoms with Gasteiger partial charge in [-0.05, 0) is 36.6 Å². The lowest BCUT2D eigenvalue weighted by Crippen LogP contribution is -2.44. The van der Waals surface area contributed by atoms with Crippen molar-refractivity contribution < 1.29 is 8.42 Å². The van der Waals surface area contributed by atoms with Crippen LogP contribution in [0.4, 0.5) is 11.5 Å². The molecule has 0 atom stereocenters. The van der Waals surface area contributed by atoms with Crippen LogP contribution in [0.1, 0.15) is 18.4 Å². The molecule has 1 N–H and O–H groups in total. The third-order valence-corrected chi connectivity index (χ3v) is 7.46. The Balaban J connectivity index is 1.49. The molecule has 3 heterocycles. The third-order valence-electron chi connectivity index (χ3n) is 5.66. The van der Waals surface area contributed by atoms with E-state index in [-0.39, 0.29) is 10.3 Å². The molecular formula is C19H24N4O2S. The van der Waals surface area contributed by atoms with Gasteiger partial charge in [-0.2, -0.15) is 0 Å². The molecule has 2 aromatic rings. The van der Waals surface area contributed by atoms with E-state index in [0.29, 0.717) is 0 Å². The molecule has 7 heteroatoms. The summed E-state index contributed by atoms with van der Waals surface area (Å²) in [6, 6.07) is 12.1. The van der Waals surface area contributed by atoms with Crippen molar-refractivity contribution in [3.63, 3.8) is 0 Å². The van der Waals surface area contributed by atoms with Crippen molar-refractivity contribution in [1.29, 1.82) is 0 Å². The van der Waals surface area contributed by atoms with Crippen LogP contribution in [0, 0.1) is 0 Å². The Hall–Kier alpha value is -2.12. The SMILES string of the molecule is CN(C)S(=O)(=O)c1ccc(N2CCC3(CC2)CNc2ccccc23)nc1. The molecule has 2 aliphatic rings. The van der Waals surface area contributed by atoms with E-state index >= 15 is 0 Å². The van der Waals surface area contributed by atoms with Gasteiger partial charge in [-0.15, -0.1) is 0 Å². The summed E-state index contributed by atoms with van der Waals surface area (Å²) in [6.45, 7) is 2.83. The number of benzene rings is 1. The zero-order valence-corrected chi connectivity index (χ0v) is 16.0. The van der Waals surface area contributed by atoms with Crippen molar-refractivity contribution in [1.82, 2.24) is 9.29 Å². The van der Waals surface area contributed by atoms with Crippen molar-refractivity contribution in [2.24, 2.45) is 0 Å². The van der Waals surface area contributed by atoms with Crippen LogP contribution in [-0.2, 0) is 15.4 Å². The number of pyridine rings is 1. The molecule has 0 amide bonds. The van der Waals surface area contributed by atoms with Crippen LogP contribution < -0.4 is 10.2 Å². The van der Waals surface area contributed by atoms with Crippen molar-refractivity contribution in [3.05, 3.63) is 48.2 Å². The predicted octanol–water partition coefficient (Wildman–Crippen LogP) is 2.30. The number of rotatable bonds is 3. The largest absolute Gasteiger partial charge is 0.384 e. The number of piperidine rings is 1. The Morgan fingerprint density at radius 2 is 1.85 bits per heavy atom. The van der Waals surface area contributed by atoms with E-state index in [2.05, 4.69) is 39.5 Å². The number of nitrogens with zero attached hydrogens (tertiary/aromatic N) is 3. The monoisotopic (exact) mass is 372 g/mol. The summed E-state index contributed by atoms with van der Waals surface area (Å²) in [6.07, 6.45) is 3.59. The highest BCUT2D eigenvalue weighted by Gasteiger charge is 2.41. The van der Waals surface area contributed by atoms with Crippen molar-refractivity contribution in [2.75, 3.05) is 43.9 Å². The fourth-order valence-corrected chi connectivity index (χ4v) is 4.84. The van der Waals surface area contributed by atoms with Gasteiger partial charge in [0.05, 0.1) is 0 Å². The van der Waals surface area contributed by atoms with Crippen LogP contribution in [0.25, 0.3) is 0 Å². The minimum Gasteiger partial charge on any atom is -0.384 e. The van der Waals surface area contributed by atoms with E-state index in [1.165, 1.54) is 35.8 Å². The van der Waals surface area contributed by atoms with Crippen LogP contribution >= 0.6 is 0 Å². The first-order valence-electron chi connectivity index (χ1n) is 8.89. The molecule has 0 unspecified atom stereocenters. The topological polar surface area (TPSA) is 65.5 Å². The van der Waals surface area contributed by atoms with Crippen LogP contribution in [-0.4, -0.2) is 51.4 Å². The van der Waals surface area contributed by atoms with Gasteiger partial charge in [0, 0.05) is 51.0 Å². The molecule has 0 saturated carbocycles. The average Bonchev–Trinajstić information content (AvgIpc) is 3.01. The second kappa shape index (κ2) is 6.25. The lowest BCUT2D eigenvalue weighted by molar-refractivity contribution is 0.361. The number of sulfonamides is 1. The van der Waals surface area contributed by atoms with Gasteiger partial charge in [0.2, 0.25) is 10.0 Å². The van der Waals surface area contributed by atoms with Gasteiger partial charge >= 0.3 is 0 Å². The summed E-state index contributed by atoms with van der Waals surface area (Å²) in [5.41, 5.74) is 2.90. The standard InChI is InChI=1S/C19H24N4O2S/c1-22(2)26(24,25)15-7-8-18(20-13-15)23-11-9-19(10-12-23)14-21-17-6-4-3-5-16(17)19/h3-8,13,21H,9-12,14H2,1-2H3. The Bertz CT molecular complexity index is 901. The first-order valence-corrected chi connectivity index (χ1v) is 10.3. The molecule has 4 rings (SSSR count). The summed E-state index contributed by atoms with van der Waals surface area (Å²) in [7, 11) is -0.375. The van der Waals surface area contributed by atoms with Gasteiger partial charge in [0.1, 0.15) is 10.7 Å². The molecule has 1 spiro atoms. The number of para-hydroxylation sites is 1. The first-order chi connectivity index (χ1) is 12.4. The van der Waals surface area contributed by atoms with Gasteiger partial charge in [0.25, 0.3) is 0 Å². The highest BCUT2D eigenvalue weighted by atomic mass is 32.2. The number of hydrogen-bond donors (Lipinski definition) is 1. The molecule has 6 nitrogen and oxygen atoms in total. The first kappa shape index (κ1) is 17.3. The summed E-state index contributed by atoms with van der Waals surface area (Å²) in [4.78, 5) is 6.89. The Morgan fingerprint density at radius 1 is 1.12 bits per heavy atom. The zero-order valence-electron chi connectivity index (χ0n) is 15.1. The highest BCUT2D eigenvalue weighted by molar-refractivity contribution is 7.89. The summed E-state index contributed by atoms with van der Waals surface area (Å²) in [5, 5.41) is 3.54. The molecule has 138 valence electrons. The van der Waals surface area contributed by atoms with Crippen molar-refractivity contribution in [3.8, 4) is 0 Å².